The van der Waals surface area contributed by atoms with E-state index < -0.39 is 0 Å². The van der Waals surface area contributed by atoms with Gasteiger partial charge in [-0.3, -0.25) is 9.69 Å². The van der Waals surface area contributed by atoms with Crippen LogP contribution in [0.1, 0.15) is 48.1 Å². The Morgan fingerprint density at radius 1 is 1.23 bits per heavy atom. The number of halogens is 1. The molecule has 0 bridgehead atoms. The molecule has 1 saturated carbocycles. The van der Waals surface area contributed by atoms with Gasteiger partial charge >= 0.3 is 0 Å². The Labute approximate surface area is 163 Å². The quantitative estimate of drug-likeness (QED) is 0.778. The van der Waals surface area contributed by atoms with Gasteiger partial charge < -0.3 is 5.32 Å². The highest BCUT2D eigenvalue weighted by Crippen LogP contribution is 2.30. The summed E-state index contributed by atoms with van der Waals surface area (Å²) in [5.74, 6) is 0.471. The zero-order valence-corrected chi connectivity index (χ0v) is 16.8. The maximum Gasteiger partial charge on any atom is 0.223 e. The monoisotopic (exact) mass is 412 g/mol. The number of hydrogen-bond acceptors (Lipinski definition) is 2. The van der Waals surface area contributed by atoms with E-state index in [1.807, 2.05) is 0 Å². The molecule has 4 rings (SSSR count). The first-order valence-corrected chi connectivity index (χ1v) is 10.3. The maximum absolute atomic E-state index is 11.9. The molecule has 0 saturated heterocycles. The smallest absolute Gasteiger partial charge is 0.223 e. The highest BCUT2D eigenvalue weighted by Gasteiger charge is 2.30. The lowest BCUT2D eigenvalue weighted by atomic mass is 9.99. The van der Waals surface area contributed by atoms with Crippen LogP contribution in [0.4, 0.5) is 0 Å². The molecule has 1 fully saturated rings. The minimum absolute atomic E-state index is 0.0800. The van der Waals surface area contributed by atoms with Crippen molar-refractivity contribution in [2.45, 2.75) is 45.3 Å². The summed E-state index contributed by atoms with van der Waals surface area (Å²) >= 11 is 3.67. The molecule has 1 aliphatic heterocycles. The average Bonchev–Trinajstić information content (AvgIpc) is 3.47. The Kier molecular flexibility index (Phi) is 5.14. The first-order chi connectivity index (χ1) is 12.6. The van der Waals surface area contributed by atoms with Gasteiger partial charge in [0.05, 0.1) is 6.04 Å². The van der Waals surface area contributed by atoms with Crippen LogP contribution in [0.2, 0.25) is 0 Å². The van der Waals surface area contributed by atoms with E-state index in [4.69, 9.17) is 0 Å². The number of nitrogens with one attached hydrogen (secondary N) is 1. The number of carbonyl (C=O) groups excluding carboxylic acids is 1. The van der Waals surface area contributed by atoms with Crippen LogP contribution >= 0.6 is 15.9 Å². The normalized spacial score (nSPS) is 18.2. The van der Waals surface area contributed by atoms with Crippen LogP contribution in [0.3, 0.4) is 0 Å². The summed E-state index contributed by atoms with van der Waals surface area (Å²) in [6.07, 6.45) is 3.19. The van der Waals surface area contributed by atoms with Gasteiger partial charge in [0.1, 0.15) is 0 Å². The van der Waals surface area contributed by atoms with Crippen LogP contribution in [-0.2, 0) is 24.3 Å². The van der Waals surface area contributed by atoms with Gasteiger partial charge in [0, 0.05) is 30.0 Å². The molecule has 0 radical (unpaired) electrons. The third kappa shape index (κ3) is 4.02. The van der Waals surface area contributed by atoms with E-state index in [-0.39, 0.29) is 17.9 Å². The van der Waals surface area contributed by atoms with E-state index in [2.05, 4.69) is 75.5 Å². The molecule has 4 heteroatoms. The van der Waals surface area contributed by atoms with Crippen molar-refractivity contribution in [1.29, 1.82) is 0 Å². The van der Waals surface area contributed by atoms with Crippen LogP contribution in [0.25, 0.3) is 0 Å². The molecule has 2 aliphatic rings. The Morgan fingerprint density at radius 2 is 2.00 bits per heavy atom. The summed E-state index contributed by atoms with van der Waals surface area (Å²) in [5, 5.41) is 3.12. The number of nitrogens with zero attached hydrogens (tertiary/aromatic N) is 1. The summed E-state index contributed by atoms with van der Waals surface area (Å²) in [6, 6.07) is 15.3. The molecule has 1 atom stereocenters. The Hall–Kier alpha value is -1.65. The van der Waals surface area contributed by atoms with Crippen molar-refractivity contribution in [1.82, 2.24) is 10.2 Å². The largest absolute Gasteiger partial charge is 0.349 e. The second-order valence-electron chi connectivity index (χ2n) is 7.58. The molecule has 2 aromatic carbocycles. The molecule has 136 valence electrons. The van der Waals surface area contributed by atoms with E-state index in [9.17, 15) is 4.79 Å². The Bertz CT molecular complexity index is 798. The zero-order chi connectivity index (χ0) is 18.1. The van der Waals surface area contributed by atoms with Gasteiger partial charge in [-0.1, -0.05) is 52.3 Å². The molecule has 0 unspecified atom stereocenters. The van der Waals surface area contributed by atoms with Gasteiger partial charge in [-0.15, -0.1) is 0 Å². The van der Waals surface area contributed by atoms with Crippen molar-refractivity contribution in [3.8, 4) is 0 Å². The fourth-order valence-electron chi connectivity index (χ4n) is 3.69. The minimum Gasteiger partial charge on any atom is -0.349 e. The molecular formula is C22H25BrN2O. The van der Waals surface area contributed by atoms with Crippen LogP contribution in [0.5, 0.6) is 0 Å². The number of benzene rings is 2. The fraction of sp³-hybridized carbons (Fsp3) is 0.409. The van der Waals surface area contributed by atoms with Gasteiger partial charge in [-0.2, -0.15) is 0 Å². The van der Waals surface area contributed by atoms with Crippen LogP contribution in [0.15, 0.2) is 46.9 Å². The molecule has 0 spiro atoms. The van der Waals surface area contributed by atoms with E-state index in [0.717, 1.165) is 38.9 Å². The van der Waals surface area contributed by atoms with Gasteiger partial charge in [-0.05, 0) is 54.5 Å². The first kappa shape index (κ1) is 17.7. The second-order valence-corrected chi connectivity index (χ2v) is 8.44. The number of hydrogen-bond donors (Lipinski definition) is 1. The molecule has 1 heterocycles. The lowest BCUT2D eigenvalue weighted by molar-refractivity contribution is -0.122. The fourth-order valence-corrected chi connectivity index (χ4v) is 4.29. The summed E-state index contributed by atoms with van der Waals surface area (Å²) in [5.41, 5.74) is 5.39. The van der Waals surface area contributed by atoms with E-state index in [1.54, 1.807) is 0 Å². The van der Waals surface area contributed by atoms with Crippen molar-refractivity contribution >= 4 is 21.8 Å². The number of carbonyl (C=O) groups is 1. The molecule has 1 aliphatic carbocycles. The molecule has 1 amide bonds. The highest BCUT2D eigenvalue weighted by atomic mass is 79.9. The standard InChI is InChI=1S/C22H25BrN2O/c1-15(24-22(26)18-9-10-18)17-7-5-16(6-8-17)13-25-12-11-20-19(14-25)3-2-4-21(20)23/h2-8,15,18H,9-14H2,1H3,(H,24,26)/t15-/m0/s1. The minimum atomic E-state index is 0.0800. The average molecular weight is 413 g/mol. The molecule has 3 nitrogen and oxygen atoms in total. The molecule has 26 heavy (non-hydrogen) atoms. The molecular weight excluding hydrogens is 388 g/mol. The van der Waals surface area contributed by atoms with Crippen molar-refractivity contribution < 1.29 is 4.79 Å². The topological polar surface area (TPSA) is 32.3 Å². The van der Waals surface area contributed by atoms with Crippen LogP contribution in [0, 0.1) is 5.92 Å². The van der Waals surface area contributed by atoms with Crippen molar-refractivity contribution in [3.05, 3.63) is 69.2 Å². The third-order valence-corrected chi connectivity index (χ3v) is 6.22. The van der Waals surface area contributed by atoms with Crippen molar-refractivity contribution in [2.75, 3.05) is 6.54 Å². The third-order valence-electron chi connectivity index (χ3n) is 5.48. The van der Waals surface area contributed by atoms with E-state index >= 15 is 0 Å². The lowest BCUT2D eigenvalue weighted by Gasteiger charge is -2.29. The highest BCUT2D eigenvalue weighted by molar-refractivity contribution is 9.10. The zero-order valence-electron chi connectivity index (χ0n) is 15.2. The molecule has 2 aromatic rings. The number of amides is 1. The van der Waals surface area contributed by atoms with Gasteiger partial charge in [0.25, 0.3) is 0 Å². The summed E-state index contributed by atoms with van der Waals surface area (Å²) in [4.78, 5) is 14.4. The number of rotatable bonds is 5. The van der Waals surface area contributed by atoms with E-state index in [0.29, 0.717) is 0 Å². The van der Waals surface area contributed by atoms with Gasteiger partial charge in [0.2, 0.25) is 5.91 Å². The SMILES string of the molecule is C[C@H](NC(=O)C1CC1)c1ccc(CN2CCc3c(Br)cccc3C2)cc1. The number of fused-ring (bicyclic) bond motifs is 1. The lowest BCUT2D eigenvalue weighted by Crippen LogP contribution is -2.30. The summed E-state index contributed by atoms with van der Waals surface area (Å²) in [7, 11) is 0. The molecule has 0 aromatic heterocycles. The van der Waals surface area contributed by atoms with Crippen LogP contribution < -0.4 is 5.32 Å². The summed E-state index contributed by atoms with van der Waals surface area (Å²) < 4.78 is 1.24. The van der Waals surface area contributed by atoms with Crippen LogP contribution in [-0.4, -0.2) is 17.4 Å². The predicted molar refractivity (Wildman–Crippen MR) is 108 cm³/mol. The van der Waals surface area contributed by atoms with Gasteiger partial charge in [0.15, 0.2) is 0 Å². The second kappa shape index (κ2) is 7.53. The Morgan fingerprint density at radius 3 is 2.73 bits per heavy atom. The van der Waals surface area contributed by atoms with E-state index in [1.165, 1.54) is 26.7 Å². The maximum atomic E-state index is 11.9. The van der Waals surface area contributed by atoms with Gasteiger partial charge in [-0.25, -0.2) is 0 Å². The summed E-state index contributed by atoms with van der Waals surface area (Å²) in [6.45, 7) is 5.12. The molecule has 1 N–H and O–H groups in total. The van der Waals surface area contributed by atoms with Crippen molar-refractivity contribution in [3.63, 3.8) is 0 Å². The Balaban J connectivity index is 1.36. The van der Waals surface area contributed by atoms with Crippen molar-refractivity contribution in [2.24, 2.45) is 5.92 Å². The first-order valence-electron chi connectivity index (χ1n) is 9.48. The predicted octanol–water partition coefficient (Wildman–Crippen LogP) is 4.59.